The van der Waals surface area contributed by atoms with Gasteiger partial charge in [-0.05, 0) is 72.8 Å². The average Bonchev–Trinajstić information content (AvgIpc) is 2.96. The van der Waals surface area contributed by atoms with Crippen LogP contribution in [0.1, 0.15) is 31.8 Å². The predicted octanol–water partition coefficient (Wildman–Crippen LogP) is 7.96. The van der Waals surface area contributed by atoms with Gasteiger partial charge < -0.3 is 9.80 Å². The second-order valence-electron chi connectivity index (χ2n) is 8.55. The molecule has 0 aromatic heterocycles. The Balaban J connectivity index is 0.000000220. The highest BCUT2D eigenvalue weighted by molar-refractivity contribution is 6.06. The number of carbonyl (C=O) groups is 2. The molecule has 4 aromatic carbocycles. The van der Waals surface area contributed by atoms with Crippen molar-refractivity contribution in [1.82, 2.24) is 0 Å². The van der Waals surface area contributed by atoms with Crippen LogP contribution >= 0.6 is 0 Å². The molecule has 0 heterocycles. The molecule has 10 heteroatoms. The summed E-state index contributed by atoms with van der Waals surface area (Å²) in [6.45, 7) is 0. The summed E-state index contributed by atoms with van der Waals surface area (Å²) in [5, 5.41) is 0. The van der Waals surface area contributed by atoms with Crippen molar-refractivity contribution in [2.45, 2.75) is 12.4 Å². The summed E-state index contributed by atoms with van der Waals surface area (Å²) in [5.74, 6) is -0.713. The van der Waals surface area contributed by atoms with E-state index in [0.29, 0.717) is 11.4 Å². The van der Waals surface area contributed by atoms with E-state index in [-0.39, 0.29) is 22.9 Å². The van der Waals surface area contributed by atoms with Gasteiger partial charge in [-0.15, -0.1) is 0 Å². The fourth-order valence-electron chi connectivity index (χ4n) is 3.53. The van der Waals surface area contributed by atoms with E-state index in [4.69, 9.17) is 0 Å². The molecule has 4 rings (SSSR count). The SMILES string of the molecule is CN(C(=O)c1ccc(C(F)(F)F)cc1)c1ccccc1.CN(C(=O)c1ccc(C(F)(F)F)cc1)c1ccccc1. The van der Waals surface area contributed by atoms with Gasteiger partial charge >= 0.3 is 12.4 Å². The Bertz CT molecular complexity index is 1290. The van der Waals surface area contributed by atoms with Gasteiger partial charge in [-0.3, -0.25) is 9.59 Å². The summed E-state index contributed by atoms with van der Waals surface area (Å²) >= 11 is 0. The third kappa shape index (κ3) is 7.72. The van der Waals surface area contributed by atoms with Crippen LogP contribution < -0.4 is 9.80 Å². The zero-order valence-electron chi connectivity index (χ0n) is 21.4. The molecular formula is C30H24F6N2O2. The number of hydrogen-bond donors (Lipinski definition) is 0. The van der Waals surface area contributed by atoms with Crippen LogP contribution in [0.15, 0.2) is 109 Å². The van der Waals surface area contributed by atoms with Crippen LogP contribution in [0.2, 0.25) is 0 Å². The maximum absolute atomic E-state index is 12.4. The van der Waals surface area contributed by atoms with Crippen LogP contribution in [0.3, 0.4) is 0 Å². The standard InChI is InChI=1S/2C15H12F3NO/c2*1-19(13-5-3-2-4-6-13)14(20)11-7-9-12(10-8-11)15(16,17)18/h2*2-10H,1H3. The normalized spacial score (nSPS) is 11.2. The number of hydrogen-bond acceptors (Lipinski definition) is 2. The molecule has 0 bridgehead atoms. The van der Waals surface area contributed by atoms with Gasteiger partial charge in [-0.1, -0.05) is 36.4 Å². The Morgan fingerprint density at radius 2 is 0.750 bits per heavy atom. The van der Waals surface area contributed by atoms with Gasteiger partial charge in [0.25, 0.3) is 11.8 Å². The fourth-order valence-corrected chi connectivity index (χ4v) is 3.53. The van der Waals surface area contributed by atoms with Crippen molar-refractivity contribution in [3.63, 3.8) is 0 Å². The molecule has 0 unspecified atom stereocenters. The van der Waals surface area contributed by atoms with Gasteiger partial charge in [0.05, 0.1) is 11.1 Å². The Labute approximate surface area is 227 Å². The summed E-state index contributed by atoms with van der Waals surface area (Å²) in [6, 6.07) is 26.2. The van der Waals surface area contributed by atoms with Crippen molar-refractivity contribution in [1.29, 1.82) is 0 Å². The molecule has 2 amide bonds. The average molecular weight is 559 g/mol. The van der Waals surface area contributed by atoms with E-state index < -0.39 is 23.5 Å². The number of anilines is 2. The van der Waals surface area contributed by atoms with Crippen molar-refractivity contribution >= 4 is 23.2 Å². The monoisotopic (exact) mass is 558 g/mol. The van der Waals surface area contributed by atoms with E-state index in [1.807, 2.05) is 12.1 Å². The molecule has 0 aliphatic heterocycles. The fraction of sp³-hybridized carbons (Fsp3) is 0.133. The van der Waals surface area contributed by atoms with E-state index >= 15 is 0 Å². The number of nitrogens with zero attached hydrogens (tertiary/aromatic N) is 2. The van der Waals surface area contributed by atoms with Crippen molar-refractivity contribution in [3.8, 4) is 0 Å². The number of amides is 2. The van der Waals surface area contributed by atoms with Crippen LogP contribution in [-0.2, 0) is 12.4 Å². The minimum absolute atomic E-state index is 0.212. The smallest absolute Gasteiger partial charge is 0.311 e. The predicted molar refractivity (Wildman–Crippen MR) is 141 cm³/mol. The van der Waals surface area contributed by atoms with E-state index in [9.17, 15) is 35.9 Å². The third-order valence-electron chi connectivity index (χ3n) is 5.81. The van der Waals surface area contributed by atoms with Crippen molar-refractivity contribution in [2.75, 3.05) is 23.9 Å². The lowest BCUT2D eigenvalue weighted by Crippen LogP contribution is -2.26. The van der Waals surface area contributed by atoms with E-state index in [1.165, 1.54) is 34.1 Å². The molecule has 4 nitrogen and oxygen atoms in total. The number of alkyl halides is 6. The maximum Gasteiger partial charge on any atom is 0.416 e. The maximum atomic E-state index is 12.4. The minimum atomic E-state index is -4.40. The number of halogens is 6. The summed E-state index contributed by atoms with van der Waals surface area (Å²) in [7, 11) is 3.16. The second kappa shape index (κ2) is 12.5. The van der Waals surface area contributed by atoms with Gasteiger partial charge in [-0.25, -0.2) is 0 Å². The molecule has 0 fully saturated rings. The van der Waals surface area contributed by atoms with E-state index in [1.54, 1.807) is 62.6 Å². The first-order valence-corrected chi connectivity index (χ1v) is 11.8. The highest BCUT2D eigenvalue weighted by Crippen LogP contribution is 2.30. The zero-order valence-corrected chi connectivity index (χ0v) is 21.4. The van der Waals surface area contributed by atoms with Gasteiger partial charge in [0.1, 0.15) is 0 Å². The largest absolute Gasteiger partial charge is 0.416 e. The van der Waals surface area contributed by atoms with Crippen LogP contribution in [0.4, 0.5) is 37.7 Å². The summed E-state index contributed by atoms with van der Waals surface area (Å²) < 4.78 is 74.7. The molecule has 208 valence electrons. The first-order valence-electron chi connectivity index (χ1n) is 11.8. The minimum Gasteiger partial charge on any atom is -0.311 e. The van der Waals surface area contributed by atoms with Crippen LogP contribution in [0.5, 0.6) is 0 Å². The van der Waals surface area contributed by atoms with Crippen LogP contribution in [0, 0.1) is 0 Å². The van der Waals surface area contributed by atoms with Crippen LogP contribution in [0.25, 0.3) is 0 Å². The van der Waals surface area contributed by atoms with Crippen molar-refractivity contribution in [2.24, 2.45) is 0 Å². The third-order valence-corrected chi connectivity index (χ3v) is 5.81. The lowest BCUT2D eigenvalue weighted by molar-refractivity contribution is -0.138. The Hall–Kier alpha value is -4.60. The molecule has 4 aromatic rings. The molecule has 0 aliphatic rings. The molecule has 0 aliphatic carbocycles. The Morgan fingerprint density at radius 1 is 0.475 bits per heavy atom. The highest BCUT2D eigenvalue weighted by atomic mass is 19.4. The van der Waals surface area contributed by atoms with Crippen molar-refractivity contribution < 1.29 is 35.9 Å². The lowest BCUT2D eigenvalue weighted by Gasteiger charge is -2.17. The molecular weight excluding hydrogens is 534 g/mol. The van der Waals surface area contributed by atoms with E-state index in [0.717, 1.165) is 24.3 Å². The molecule has 0 radical (unpaired) electrons. The van der Waals surface area contributed by atoms with Gasteiger partial charge in [0, 0.05) is 36.6 Å². The van der Waals surface area contributed by atoms with Gasteiger partial charge in [0.2, 0.25) is 0 Å². The first-order chi connectivity index (χ1) is 18.8. The molecule has 0 atom stereocenters. The number of rotatable bonds is 4. The lowest BCUT2D eigenvalue weighted by atomic mass is 10.1. The summed E-state index contributed by atoms with van der Waals surface area (Å²) in [4.78, 5) is 27.1. The Morgan fingerprint density at radius 3 is 1.00 bits per heavy atom. The molecule has 40 heavy (non-hydrogen) atoms. The van der Waals surface area contributed by atoms with Crippen LogP contribution in [-0.4, -0.2) is 25.9 Å². The van der Waals surface area contributed by atoms with Crippen molar-refractivity contribution in [3.05, 3.63) is 131 Å². The van der Waals surface area contributed by atoms with Gasteiger partial charge in [-0.2, -0.15) is 26.3 Å². The quantitative estimate of drug-likeness (QED) is 0.239. The topological polar surface area (TPSA) is 40.6 Å². The molecule has 0 N–H and O–H groups in total. The molecule has 0 spiro atoms. The highest BCUT2D eigenvalue weighted by Gasteiger charge is 2.31. The number of benzene rings is 4. The Kier molecular flexibility index (Phi) is 9.36. The molecule has 0 saturated carbocycles. The summed E-state index contributed by atoms with van der Waals surface area (Å²) in [5.41, 5.74) is 0.247. The number of para-hydroxylation sites is 2. The second-order valence-corrected chi connectivity index (χ2v) is 8.55. The molecule has 0 saturated heterocycles. The van der Waals surface area contributed by atoms with Gasteiger partial charge in [0.15, 0.2) is 0 Å². The zero-order chi connectivity index (χ0) is 29.5. The first kappa shape index (κ1) is 29.9. The van der Waals surface area contributed by atoms with E-state index in [2.05, 4.69) is 0 Å². The summed E-state index contributed by atoms with van der Waals surface area (Å²) in [6.07, 6.45) is -8.79. The number of carbonyl (C=O) groups excluding carboxylic acids is 2.